The third-order valence-electron chi connectivity index (χ3n) is 2.17. The second-order valence-electron chi connectivity index (χ2n) is 3.34. The highest BCUT2D eigenvalue weighted by atomic mass is 15.1. The van der Waals surface area contributed by atoms with Crippen LogP contribution in [-0.2, 0) is 0 Å². The molecule has 0 fully saturated rings. The molecule has 0 amide bonds. The van der Waals surface area contributed by atoms with Gasteiger partial charge in [-0.2, -0.15) is 0 Å². The van der Waals surface area contributed by atoms with Gasteiger partial charge in [-0.1, -0.05) is 30.9 Å². The highest BCUT2D eigenvalue weighted by molar-refractivity contribution is 5.56. The van der Waals surface area contributed by atoms with Crippen molar-refractivity contribution in [2.24, 2.45) is 0 Å². The highest BCUT2D eigenvalue weighted by Gasteiger charge is 2.06. The summed E-state index contributed by atoms with van der Waals surface area (Å²) in [7, 11) is 0. The summed E-state index contributed by atoms with van der Waals surface area (Å²) in [6.45, 7) is 10.1. The summed E-state index contributed by atoms with van der Waals surface area (Å²) < 4.78 is 0. The maximum Gasteiger partial charge on any atom is 0.0454 e. The fourth-order valence-electron chi connectivity index (χ4n) is 1.43. The average molecular weight is 187 g/mol. The second-order valence-corrected chi connectivity index (χ2v) is 3.34. The molecule has 0 saturated carbocycles. The largest absolute Gasteiger partial charge is 0.319 e. The van der Waals surface area contributed by atoms with Crippen molar-refractivity contribution < 1.29 is 0 Å². The maximum absolute atomic E-state index is 3.99. The molecule has 0 aliphatic heterocycles. The number of anilines is 1. The second kappa shape index (κ2) is 4.66. The number of hydrogen-bond donors (Lipinski definition) is 0. The lowest BCUT2D eigenvalue weighted by molar-refractivity contribution is 1.06. The molecule has 0 unspecified atom stereocenters. The van der Waals surface area contributed by atoms with E-state index in [1.807, 2.05) is 32.0 Å². The van der Waals surface area contributed by atoms with Gasteiger partial charge in [0, 0.05) is 17.1 Å². The zero-order valence-corrected chi connectivity index (χ0v) is 9.12. The molecule has 0 saturated heterocycles. The summed E-state index contributed by atoms with van der Waals surface area (Å²) in [5.41, 5.74) is 3.39. The zero-order chi connectivity index (χ0) is 10.6. The van der Waals surface area contributed by atoms with E-state index in [4.69, 9.17) is 0 Å². The summed E-state index contributed by atoms with van der Waals surface area (Å²) in [5.74, 6) is 0. The van der Waals surface area contributed by atoms with Gasteiger partial charge < -0.3 is 4.90 Å². The van der Waals surface area contributed by atoms with E-state index in [1.54, 1.807) is 0 Å². The molecule has 0 heterocycles. The molecule has 0 radical (unpaired) electrons. The molecule has 0 aliphatic rings. The minimum Gasteiger partial charge on any atom is -0.319 e. The van der Waals surface area contributed by atoms with Gasteiger partial charge in [-0.3, -0.25) is 0 Å². The predicted octanol–water partition coefficient (Wildman–Crippen LogP) is 3.95. The first-order valence-electron chi connectivity index (χ1n) is 4.80. The monoisotopic (exact) mass is 187 g/mol. The Labute approximate surface area is 86.4 Å². The van der Waals surface area contributed by atoms with E-state index < -0.39 is 0 Å². The Kier molecular flexibility index (Phi) is 3.52. The van der Waals surface area contributed by atoms with Crippen LogP contribution in [0.5, 0.6) is 0 Å². The van der Waals surface area contributed by atoms with Gasteiger partial charge in [0.1, 0.15) is 0 Å². The summed E-state index contributed by atoms with van der Waals surface area (Å²) >= 11 is 0. The third kappa shape index (κ3) is 2.25. The van der Waals surface area contributed by atoms with Crippen LogP contribution >= 0.6 is 0 Å². The molecular formula is C13H17N. The van der Waals surface area contributed by atoms with Gasteiger partial charge in [0.15, 0.2) is 0 Å². The summed E-state index contributed by atoms with van der Waals surface area (Å²) in [6, 6.07) is 10.3. The third-order valence-corrected chi connectivity index (χ3v) is 2.17. The van der Waals surface area contributed by atoms with E-state index in [-0.39, 0.29) is 0 Å². The van der Waals surface area contributed by atoms with Crippen molar-refractivity contribution in [3.63, 3.8) is 0 Å². The quantitative estimate of drug-likeness (QED) is 0.692. The Balaban J connectivity index is 3.08. The van der Waals surface area contributed by atoms with Crippen molar-refractivity contribution >= 4 is 5.69 Å². The fraction of sp³-hybridized carbons (Fsp3) is 0.231. The van der Waals surface area contributed by atoms with Crippen molar-refractivity contribution in [2.45, 2.75) is 20.8 Å². The van der Waals surface area contributed by atoms with Crippen LogP contribution in [0.1, 0.15) is 20.8 Å². The lowest BCUT2D eigenvalue weighted by Crippen LogP contribution is -2.17. The lowest BCUT2D eigenvalue weighted by Gasteiger charge is -2.25. The zero-order valence-electron chi connectivity index (χ0n) is 9.12. The van der Waals surface area contributed by atoms with E-state index in [0.717, 1.165) is 11.4 Å². The van der Waals surface area contributed by atoms with Crippen LogP contribution in [0.15, 0.2) is 54.4 Å². The number of nitrogens with zero attached hydrogens (tertiary/aromatic N) is 1. The van der Waals surface area contributed by atoms with Crippen LogP contribution in [0.2, 0.25) is 0 Å². The topological polar surface area (TPSA) is 3.24 Å². The van der Waals surface area contributed by atoms with Gasteiger partial charge in [0.05, 0.1) is 0 Å². The Morgan fingerprint density at radius 2 is 1.79 bits per heavy atom. The van der Waals surface area contributed by atoms with Gasteiger partial charge in [0.25, 0.3) is 0 Å². The van der Waals surface area contributed by atoms with E-state index in [9.17, 15) is 0 Å². The minimum atomic E-state index is 1.03. The number of hydrogen-bond acceptors (Lipinski definition) is 1. The molecule has 1 aromatic rings. The van der Waals surface area contributed by atoms with Crippen molar-refractivity contribution in [3.8, 4) is 0 Å². The number of benzene rings is 1. The molecule has 0 atom stereocenters. The normalized spacial score (nSPS) is 11.2. The van der Waals surface area contributed by atoms with Crippen LogP contribution in [0.25, 0.3) is 0 Å². The van der Waals surface area contributed by atoms with Gasteiger partial charge in [0.2, 0.25) is 0 Å². The number of para-hydroxylation sites is 1. The first-order valence-corrected chi connectivity index (χ1v) is 4.80. The first kappa shape index (κ1) is 10.6. The van der Waals surface area contributed by atoms with Crippen LogP contribution in [0.4, 0.5) is 5.69 Å². The van der Waals surface area contributed by atoms with E-state index >= 15 is 0 Å². The molecular weight excluding hydrogens is 170 g/mol. The van der Waals surface area contributed by atoms with E-state index in [1.165, 1.54) is 5.70 Å². The molecule has 14 heavy (non-hydrogen) atoms. The van der Waals surface area contributed by atoms with Crippen molar-refractivity contribution in [2.75, 3.05) is 4.90 Å². The molecule has 1 nitrogen and oxygen atoms in total. The first-order chi connectivity index (χ1) is 6.66. The molecule has 74 valence electrons. The number of rotatable bonds is 3. The van der Waals surface area contributed by atoms with Crippen molar-refractivity contribution in [1.29, 1.82) is 0 Å². The highest BCUT2D eigenvalue weighted by Crippen LogP contribution is 2.22. The minimum absolute atomic E-state index is 1.03. The molecule has 0 aliphatic carbocycles. The molecule has 0 N–H and O–H groups in total. The van der Waals surface area contributed by atoms with Crippen LogP contribution < -0.4 is 4.90 Å². The van der Waals surface area contributed by atoms with Gasteiger partial charge in [-0.15, -0.1) is 0 Å². The maximum atomic E-state index is 3.99. The Bertz CT molecular complexity index is 336. The Hall–Kier alpha value is -1.50. The molecule has 1 aromatic carbocycles. The summed E-state index contributed by atoms with van der Waals surface area (Å²) in [4.78, 5) is 2.14. The van der Waals surface area contributed by atoms with Gasteiger partial charge >= 0.3 is 0 Å². The Morgan fingerprint density at radius 1 is 1.21 bits per heavy atom. The lowest BCUT2D eigenvalue weighted by atomic mass is 10.2. The van der Waals surface area contributed by atoms with Gasteiger partial charge in [-0.05, 0) is 32.9 Å². The molecule has 0 spiro atoms. The van der Waals surface area contributed by atoms with Crippen LogP contribution in [0, 0.1) is 0 Å². The molecule has 1 heteroatoms. The van der Waals surface area contributed by atoms with Crippen LogP contribution in [0.3, 0.4) is 0 Å². The van der Waals surface area contributed by atoms with E-state index in [2.05, 4.69) is 36.6 Å². The standard InChI is InChI=1S/C13H17N/c1-5-12(4)14(11(2)3)13-9-7-6-8-10-13/h5-10H,2H2,1,3-4H3/b12-5-. The smallest absolute Gasteiger partial charge is 0.0454 e. The number of allylic oxidation sites excluding steroid dienone is 3. The predicted molar refractivity (Wildman–Crippen MR) is 63.2 cm³/mol. The SMILES string of the molecule is C=C(C)N(/C(C)=C\C)c1ccccc1. The molecule has 0 bridgehead atoms. The summed E-state index contributed by atoms with van der Waals surface area (Å²) in [6.07, 6.45) is 2.08. The van der Waals surface area contributed by atoms with Crippen LogP contribution in [-0.4, -0.2) is 0 Å². The average Bonchev–Trinajstić information content (AvgIpc) is 2.19. The fourth-order valence-corrected chi connectivity index (χ4v) is 1.43. The molecule has 0 aromatic heterocycles. The van der Waals surface area contributed by atoms with E-state index in [0.29, 0.717) is 0 Å². The van der Waals surface area contributed by atoms with Crippen molar-refractivity contribution in [3.05, 3.63) is 54.4 Å². The Morgan fingerprint density at radius 3 is 2.21 bits per heavy atom. The molecule has 1 rings (SSSR count). The summed E-state index contributed by atoms with van der Waals surface area (Å²) in [5, 5.41) is 0. The van der Waals surface area contributed by atoms with Gasteiger partial charge in [-0.25, -0.2) is 0 Å². The van der Waals surface area contributed by atoms with Crippen molar-refractivity contribution in [1.82, 2.24) is 0 Å².